The molecular formula is C7H13N. The molecule has 0 aliphatic heterocycles. The third-order valence-electron chi connectivity index (χ3n) is 2.64. The molecule has 2 rings (SSSR count). The number of nitrogens with two attached hydrogens (primary N) is 1. The molecular weight excluding hydrogens is 98.1 g/mol. The van der Waals surface area contributed by atoms with E-state index < -0.39 is 0 Å². The summed E-state index contributed by atoms with van der Waals surface area (Å²) < 4.78 is 0. The molecule has 3 atom stereocenters. The molecule has 0 aromatic heterocycles. The summed E-state index contributed by atoms with van der Waals surface area (Å²) in [5, 5.41) is 0. The van der Waals surface area contributed by atoms with Crippen molar-refractivity contribution < 1.29 is 0 Å². The first-order valence-electron chi connectivity index (χ1n) is 3.63. The summed E-state index contributed by atoms with van der Waals surface area (Å²) in [7, 11) is 0. The molecule has 0 saturated heterocycles. The van der Waals surface area contributed by atoms with Crippen LogP contribution >= 0.6 is 0 Å². The highest BCUT2D eigenvalue weighted by atomic mass is 14.7. The fourth-order valence-electron chi connectivity index (χ4n) is 1.96. The van der Waals surface area contributed by atoms with Gasteiger partial charge in [0, 0.05) is 6.04 Å². The number of fused-ring (bicyclic) bond motifs is 1. The lowest BCUT2D eigenvalue weighted by Gasteiger charge is -2.15. The van der Waals surface area contributed by atoms with Gasteiger partial charge in [0.2, 0.25) is 0 Å². The van der Waals surface area contributed by atoms with Crippen molar-refractivity contribution in [2.24, 2.45) is 17.6 Å². The third-order valence-corrected chi connectivity index (χ3v) is 2.64. The second-order valence-corrected chi connectivity index (χ2v) is 3.25. The highest BCUT2D eigenvalue weighted by molar-refractivity contribution is 4.96. The van der Waals surface area contributed by atoms with Gasteiger partial charge in [0.05, 0.1) is 0 Å². The van der Waals surface area contributed by atoms with Crippen LogP contribution in [0.25, 0.3) is 0 Å². The average Bonchev–Trinajstić information content (AvgIpc) is 2.45. The van der Waals surface area contributed by atoms with Crippen LogP contribution in [0, 0.1) is 11.8 Å². The zero-order chi connectivity index (χ0) is 5.56. The third kappa shape index (κ3) is 0.576. The van der Waals surface area contributed by atoms with Gasteiger partial charge in [-0.15, -0.1) is 0 Å². The van der Waals surface area contributed by atoms with Gasteiger partial charge in [-0.25, -0.2) is 0 Å². The Balaban J connectivity index is 1.99. The Labute approximate surface area is 50.3 Å². The second-order valence-electron chi connectivity index (χ2n) is 3.25. The van der Waals surface area contributed by atoms with Gasteiger partial charge in [-0.3, -0.25) is 0 Å². The molecule has 0 bridgehead atoms. The Morgan fingerprint density at radius 1 is 1.25 bits per heavy atom. The van der Waals surface area contributed by atoms with Gasteiger partial charge < -0.3 is 5.73 Å². The SMILES string of the molecule is N[C@H]1CCC[C@H]2C[C@H]21. The molecule has 0 amide bonds. The molecule has 46 valence electrons. The lowest BCUT2D eigenvalue weighted by molar-refractivity contribution is 0.419. The van der Waals surface area contributed by atoms with Gasteiger partial charge in [0.1, 0.15) is 0 Å². The Bertz CT molecular complexity index is 101. The van der Waals surface area contributed by atoms with Crippen LogP contribution in [0.15, 0.2) is 0 Å². The van der Waals surface area contributed by atoms with Gasteiger partial charge in [-0.05, 0) is 24.7 Å². The molecule has 2 N–H and O–H groups in total. The van der Waals surface area contributed by atoms with Crippen LogP contribution in [0.5, 0.6) is 0 Å². The first-order valence-corrected chi connectivity index (χ1v) is 3.63. The quantitative estimate of drug-likeness (QED) is 0.498. The van der Waals surface area contributed by atoms with Crippen LogP contribution in [0.2, 0.25) is 0 Å². The number of hydrogen-bond donors (Lipinski definition) is 1. The molecule has 0 unspecified atom stereocenters. The summed E-state index contributed by atoms with van der Waals surface area (Å²) >= 11 is 0. The predicted octanol–water partition coefficient (Wildman–Crippen LogP) is 1.13. The van der Waals surface area contributed by atoms with Crippen LogP contribution in [-0.2, 0) is 0 Å². The standard InChI is InChI=1S/C7H13N/c8-7-3-1-2-5-4-6(5)7/h5-7H,1-4,8H2/t5-,6+,7-/m0/s1. The Morgan fingerprint density at radius 2 is 2.12 bits per heavy atom. The second kappa shape index (κ2) is 1.47. The largest absolute Gasteiger partial charge is 0.327 e. The van der Waals surface area contributed by atoms with E-state index in [1.54, 1.807) is 0 Å². The first kappa shape index (κ1) is 4.80. The van der Waals surface area contributed by atoms with E-state index in [1.807, 2.05) is 0 Å². The fraction of sp³-hybridized carbons (Fsp3) is 1.00. The van der Waals surface area contributed by atoms with Crippen molar-refractivity contribution in [1.29, 1.82) is 0 Å². The highest BCUT2D eigenvalue weighted by Gasteiger charge is 2.43. The zero-order valence-corrected chi connectivity index (χ0v) is 5.14. The zero-order valence-electron chi connectivity index (χ0n) is 5.14. The lowest BCUT2D eigenvalue weighted by Crippen LogP contribution is -2.25. The highest BCUT2D eigenvalue weighted by Crippen LogP contribution is 2.48. The lowest BCUT2D eigenvalue weighted by atomic mass is 9.96. The monoisotopic (exact) mass is 111 g/mol. The minimum absolute atomic E-state index is 0.578. The van der Waals surface area contributed by atoms with E-state index in [-0.39, 0.29) is 0 Å². The number of rotatable bonds is 0. The van der Waals surface area contributed by atoms with Crippen LogP contribution in [-0.4, -0.2) is 6.04 Å². The molecule has 0 spiro atoms. The van der Waals surface area contributed by atoms with Gasteiger partial charge in [-0.2, -0.15) is 0 Å². The topological polar surface area (TPSA) is 26.0 Å². The van der Waals surface area contributed by atoms with Crippen molar-refractivity contribution in [3.8, 4) is 0 Å². The van der Waals surface area contributed by atoms with E-state index in [9.17, 15) is 0 Å². The Hall–Kier alpha value is -0.0400. The molecule has 0 heterocycles. The molecule has 0 aromatic rings. The van der Waals surface area contributed by atoms with Crippen LogP contribution in [0.4, 0.5) is 0 Å². The molecule has 1 nitrogen and oxygen atoms in total. The molecule has 2 aliphatic carbocycles. The van der Waals surface area contributed by atoms with E-state index in [2.05, 4.69) is 0 Å². The summed E-state index contributed by atoms with van der Waals surface area (Å²) in [4.78, 5) is 0. The van der Waals surface area contributed by atoms with E-state index in [4.69, 9.17) is 5.73 Å². The summed E-state index contributed by atoms with van der Waals surface area (Å²) in [6.45, 7) is 0. The van der Waals surface area contributed by atoms with Crippen molar-refractivity contribution >= 4 is 0 Å². The maximum Gasteiger partial charge on any atom is 0.00699 e. The minimum Gasteiger partial charge on any atom is -0.327 e. The van der Waals surface area contributed by atoms with Crippen molar-refractivity contribution in [2.45, 2.75) is 31.7 Å². The molecule has 8 heavy (non-hydrogen) atoms. The van der Waals surface area contributed by atoms with E-state index >= 15 is 0 Å². The van der Waals surface area contributed by atoms with Crippen LogP contribution < -0.4 is 5.73 Å². The van der Waals surface area contributed by atoms with E-state index in [0.29, 0.717) is 6.04 Å². The normalized spacial score (nSPS) is 52.9. The van der Waals surface area contributed by atoms with Crippen molar-refractivity contribution in [1.82, 2.24) is 0 Å². The summed E-state index contributed by atoms with van der Waals surface area (Å²) in [5.74, 6) is 2.00. The fourth-order valence-corrected chi connectivity index (χ4v) is 1.96. The summed E-state index contributed by atoms with van der Waals surface area (Å²) in [6.07, 6.45) is 5.60. The van der Waals surface area contributed by atoms with Crippen LogP contribution in [0.3, 0.4) is 0 Å². The molecule has 0 radical (unpaired) electrons. The molecule has 2 saturated carbocycles. The van der Waals surface area contributed by atoms with Gasteiger partial charge in [0.15, 0.2) is 0 Å². The predicted molar refractivity (Wildman–Crippen MR) is 33.4 cm³/mol. The van der Waals surface area contributed by atoms with E-state index in [1.165, 1.54) is 25.7 Å². The van der Waals surface area contributed by atoms with Crippen molar-refractivity contribution in [3.63, 3.8) is 0 Å². The maximum absolute atomic E-state index is 5.82. The summed E-state index contributed by atoms with van der Waals surface area (Å²) in [5.41, 5.74) is 5.82. The van der Waals surface area contributed by atoms with Gasteiger partial charge in [0.25, 0.3) is 0 Å². The minimum atomic E-state index is 0.578. The van der Waals surface area contributed by atoms with Gasteiger partial charge >= 0.3 is 0 Å². The molecule has 0 aromatic carbocycles. The average molecular weight is 111 g/mol. The molecule has 2 aliphatic rings. The Morgan fingerprint density at radius 3 is 2.75 bits per heavy atom. The van der Waals surface area contributed by atoms with Crippen molar-refractivity contribution in [2.75, 3.05) is 0 Å². The smallest absolute Gasteiger partial charge is 0.00699 e. The number of hydrogen-bond acceptors (Lipinski definition) is 1. The maximum atomic E-state index is 5.82. The van der Waals surface area contributed by atoms with E-state index in [0.717, 1.165) is 11.8 Å². The van der Waals surface area contributed by atoms with Crippen LogP contribution in [0.1, 0.15) is 25.7 Å². The van der Waals surface area contributed by atoms with Crippen molar-refractivity contribution in [3.05, 3.63) is 0 Å². The molecule has 1 heteroatoms. The Kier molecular flexibility index (Phi) is 0.884. The summed E-state index contributed by atoms with van der Waals surface area (Å²) in [6, 6.07) is 0.578. The first-order chi connectivity index (χ1) is 3.88. The molecule has 2 fully saturated rings. The van der Waals surface area contributed by atoms with Gasteiger partial charge in [-0.1, -0.05) is 12.8 Å².